The van der Waals surface area contributed by atoms with Crippen LogP contribution in [0, 0.1) is 6.92 Å². The fourth-order valence-corrected chi connectivity index (χ4v) is 2.58. The van der Waals surface area contributed by atoms with Crippen LogP contribution in [0.3, 0.4) is 0 Å². The molecule has 0 radical (unpaired) electrons. The maximum atomic E-state index is 10.9. The molecule has 2 N–H and O–H groups in total. The second-order valence-corrected chi connectivity index (χ2v) is 5.01. The summed E-state index contributed by atoms with van der Waals surface area (Å²) in [5.74, 6) is -1.07. The average molecular weight is 278 g/mol. The predicted octanol–water partition coefficient (Wildman–Crippen LogP) is 4.22. The van der Waals surface area contributed by atoms with Crippen LogP contribution in [0.15, 0.2) is 54.6 Å². The molecule has 0 bridgehead atoms. The Bertz CT molecular complexity index is 850. The monoisotopic (exact) mass is 278 g/mol. The van der Waals surface area contributed by atoms with Gasteiger partial charge in [-0.25, -0.2) is 4.79 Å². The Labute approximate surface area is 122 Å². The maximum absolute atomic E-state index is 10.9. The molecule has 0 saturated heterocycles. The summed E-state index contributed by atoms with van der Waals surface area (Å²) in [5, 5.41) is 21.3. The zero-order valence-corrected chi connectivity index (χ0v) is 11.5. The summed E-state index contributed by atoms with van der Waals surface area (Å²) in [7, 11) is 0. The Balaban J connectivity index is 2.26. The van der Waals surface area contributed by atoms with Crippen LogP contribution in [0.25, 0.3) is 21.9 Å². The van der Waals surface area contributed by atoms with E-state index in [1.807, 2.05) is 43.3 Å². The van der Waals surface area contributed by atoms with E-state index in [4.69, 9.17) is 5.11 Å². The molecule has 0 fully saturated rings. The summed E-state index contributed by atoms with van der Waals surface area (Å²) in [5.41, 5.74) is 2.77. The Morgan fingerprint density at radius 3 is 2.24 bits per heavy atom. The van der Waals surface area contributed by atoms with Crippen molar-refractivity contribution in [2.45, 2.75) is 6.92 Å². The number of aromatic hydroxyl groups is 1. The molecule has 3 heteroatoms. The predicted molar refractivity (Wildman–Crippen MR) is 82.7 cm³/mol. The number of carboxylic acids is 1. The molecule has 0 aromatic heterocycles. The van der Waals surface area contributed by atoms with E-state index in [0.29, 0.717) is 5.56 Å². The fraction of sp³-hybridized carbons (Fsp3) is 0.0556. The minimum Gasteiger partial charge on any atom is -0.507 e. The normalized spacial score (nSPS) is 10.7. The third kappa shape index (κ3) is 2.23. The van der Waals surface area contributed by atoms with E-state index in [0.717, 1.165) is 21.9 Å². The first-order valence-electron chi connectivity index (χ1n) is 6.63. The van der Waals surface area contributed by atoms with Crippen LogP contribution in [0.2, 0.25) is 0 Å². The first-order chi connectivity index (χ1) is 10.1. The van der Waals surface area contributed by atoms with Gasteiger partial charge in [-0.3, -0.25) is 0 Å². The summed E-state index contributed by atoms with van der Waals surface area (Å²) >= 11 is 0. The number of fused-ring (bicyclic) bond motifs is 1. The Kier molecular flexibility index (Phi) is 3.10. The third-order valence-corrected chi connectivity index (χ3v) is 3.68. The SMILES string of the molecule is Cc1ccc(-c2ccc(C(=O)O)cc2O)c2ccccc12. The van der Waals surface area contributed by atoms with Gasteiger partial charge in [0.05, 0.1) is 5.56 Å². The highest BCUT2D eigenvalue weighted by molar-refractivity contribution is 6.00. The van der Waals surface area contributed by atoms with E-state index < -0.39 is 5.97 Å². The molecule has 0 spiro atoms. The van der Waals surface area contributed by atoms with Gasteiger partial charge in [0.15, 0.2) is 0 Å². The van der Waals surface area contributed by atoms with Crippen molar-refractivity contribution in [3.63, 3.8) is 0 Å². The van der Waals surface area contributed by atoms with Gasteiger partial charge in [-0.05, 0) is 47.0 Å². The second kappa shape index (κ2) is 4.94. The van der Waals surface area contributed by atoms with E-state index in [1.54, 1.807) is 6.07 Å². The number of hydrogen-bond acceptors (Lipinski definition) is 2. The smallest absolute Gasteiger partial charge is 0.335 e. The van der Waals surface area contributed by atoms with Gasteiger partial charge in [-0.15, -0.1) is 0 Å². The molecule has 0 unspecified atom stereocenters. The lowest BCUT2D eigenvalue weighted by Crippen LogP contribution is -1.95. The van der Waals surface area contributed by atoms with Gasteiger partial charge >= 0.3 is 5.97 Å². The molecular formula is C18H14O3. The van der Waals surface area contributed by atoms with E-state index in [9.17, 15) is 9.90 Å². The van der Waals surface area contributed by atoms with Crippen molar-refractivity contribution in [1.29, 1.82) is 0 Å². The molecule has 3 nitrogen and oxygen atoms in total. The molecule has 0 aliphatic carbocycles. The van der Waals surface area contributed by atoms with Crippen molar-refractivity contribution in [2.24, 2.45) is 0 Å². The number of rotatable bonds is 2. The Morgan fingerprint density at radius 1 is 0.905 bits per heavy atom. The number of aromatic carboxylic acids is 1. The highest BCUT2D eigenvalue weighted by atomic mass is 16.4. The Morgan fingerprint density at radius 2 is 1.57 bits per heavy atom. The van der Waals surface area contributed by atoms with Crippen LogP contribution in [-0.4, -0.2) is 16.2 Å². The van der Waals surface area contributed by atoms with Gasteiger partial charge < -0.3 is 10.2 Å². The van der Waals surface area contributed by atoms with Crippen LogP contribution in [-0.2, 0) is 0 Å². The van der Waals surface area contributed by atoms with Crippen LogP contribution in [0.4, 0.5) is 0 Å². The number of hydrogen-bond donors (Lipinski definition) is 2. The fourth-order valence-electron chi connectivity index (χ4n) is 2.58. The van der Waals surface area contributed by atoms with Crippen molar-refractivity contribution in [3.8, 4) is 16.9 Å². The molecule has 0 saturated carbocycles. The lowest BCUT2D eigenvalue weighted by atomic mass is 9.94. The van der Waals surface area contributed by atoms with Crippen LogP contribution in [0.1, 0.15) is 15.9 Å². The molecule has 104 valence electrons. The van der Waals surface area contributed by atoms with Crippen LogP contribution < -0.4 is 0 Å². The second-order valence-electron chi connectivity index (χ2n) is 5.01. The van der Waals surface area contributed by atoms with Gasteiger partial charge in [0.2, 0.25) is 0 Å². The average Bonchev–Trinajstić information content (AvgIpc) is 2.48. The van der Waals surface area contributed by atoms with Crippen molar-refractivity contribution in [2.75, 3.05) is 0 Å². The zero-order chi connectivity index (χ0) is 15.0. The lowest BCUT2D eigenvalue weighted by molar-refractivity contribution is 0.0696. The number of aryl methyl sites for hydroxylation is 1. The summed E-state index contributed by atoms with van der Waals surface area (Å²) < 4.78 is 0. The summed E-state index contributed by atoms with van der Waals surface area (Å²) in [6.45, 7) is 2.04. The minimum absolute atomic E-state index is 0.0242. The van der Waals surface area contributed by atoms with E-state index >= 15 is 0 Å². The molecule has 0 aliphatic heterocycles. The largest absolute Gasteiger partial charge is 0.507 e. The van der Waals surface area contributed by atoms with Gasteiger partial charge in [0, 0.05) is 5.56 Å². The minimum atomic E-state index is -1.05. The standard InChI is InChI=1S/C18H14O3/c1-11-6-8-15(14-5-3-2-4-13(11)14)16-9-7-12(18(20)21)10-17(16)19/h2-10,19H,1H3,(H,20,21). The number of benzene rings is 3. The molecule has 3 aromatic carbocycles. The van der Waals surface area contributed by atoms with Crippen molar-refractivity contribution in [3.05, 3.63) is 65.7 Å². The van der Waals surface area contributed by atoms with Gasteiger partial charge in [0.25, 0.3) is 0 Å². The third-order valence-electron chi connectivity index (χ3n) is 3.68. The first kappa shape index (κ1) is 13.2. The van der Waals surface area contributed by atoms with Gasteiger partial charge in [-0.1, -0.05) is 36.4 Å². The Hall–Kier alpha value is -2.81. The maximum Gasteiger partial charge on any atom is 0.335 e. The topological polar surface area (TPSA) is 57.5 Å². The highest BCUT2D eigenvalue weighted by Gasteiger charge is 2.12. The van der Waals surface area contributed by atoms with Crippen molar-refractivity contribution in [1.82, 2.24) is 0 Å². The summed E-state index contributed by atoms with van der Waals surface area (Å²) in [6.07, 6.45) is 0. The van der Waals surface area contributed by atoms with Crippen molar-refractivity contribution >= 4 is 16.7 Å². The molecule has 3 aromatic rings. The molecule has 0 heterocycles. The van der Waals surface area contributed by atoms with Gasteiger partial charge in [-0.2, -0.15) is 0 Å². The van der Waals surface area contributed by atoms with E-state index in [1.165, 1.54) is 12.1 Å². The van der Waals surface area contributed by atoms with Gasteiger partial charge in [0.1, 0.15) is 5.75 Å². The molecular weight excluding hydrogens is 264 g/mol. The highest BCUT2D eigenvalue weighted by Crippen LogP contribution is 2.36. The number of phenols is 1. The van der Waals surface area contributed by atoms with Crippen LogP contribution in [0.5, 0.6) is 5.75 Å². The van der Waals surface area contributed by atoms with Crippen LogP contribution >= 0.6 is 0 Å². The van der Waals surface area contributed by atoms with E-state index in [-0.39, 0.29) is 11.3 Å². The quantitative estimate of drug-likeness (QED) is 0.738. The number of carbonyl (C=O) groups is 1. The number of phenolic OH excluding ortho intramolecular Hbond substituents is 1. The van der Waals surface area contributed by atoms with Crippen molar-refractivity contribution < 1.29 is 15.0 Å². The molecule has 0 aliphatic rings. The first-order valence-corrected chi connectivity index (χ1v) is 6.63. The summed E-state index contributed by atoms with van der Waals surface area (Å²) in [4.78, 5) is 10.9. The summed E-state index contributed by atoms with van der Waals surface area (Å²) in [6, 6.07) is 16.4. The molecule has 3 rings (SSSR count). The number of carboxylic acid groups (broad SMARTS) is 1. The van der Waals surface area contributed by atoms with E-state index in [2.05, 4.69) is 0 Å². The molecule has 21 heavy (non-hydrogen) atoms. The zero-order valence-electron chi connectivity index (χ0n) is 11.5. The molecule has 0 amide bonds. The molecule has 0 atom stereocenters. The lowest BCUT2D eigenvalue weighted by Gasteiger charge is -2.11.